The van der Waals surface area contributed by atoms with Gasteiger partial charge < -0.3 is 4.74 Å². The van der Waals surface area contributed by atoms with Crippen LogP contribution in [-0.2, 0) is 4.74 Å². The van der Waals surface area contributed by atoms with E-state index >= 15 is 0 Å². The lowest BCUT2D eigenvalue weighted by Crippen LogP contribution is -2.02. The van der Waals surface area contributed by atoms with Crippen molar-refractivity contribution in [2.24, 2.45) is 0 Å². The first-order valence-corrected chi connectivity index (χ1v) is 7.83. The van der Waals surface area contributed by atoms with Gasteiger partial charge in [-0.2, -0.15) is 0 Å². The number of benzene rings is 2. The number of ether oxygens (including phenoxy) is 1. The Morgan fingerprint density at radius 2 is 1.43 bits per heavy atom. The molecule has 1 fully saturated rings. The van der Waals surface area contributed by atoms with Crippen LogP contribution in [0.1, 0.15) is 24.0 Å². The van der Waals surface area contributed by atoms with Crippen LogP contribution in [0.3, 0.4) is 0 Å². The third kappa shape index (κ3) is 3.68. The van der Waals surface area contributed by atoms with Gasteiger partial charge in [0, 0.05) is 16.7 Å². The second-order valence-electron chi connectivity index (χ2n) is 5.15. The zero-order chi connectivity index (χ0) is 14.7. The van der Waals surface area contributed by atoms with Crippen LogP contribution in [0.25, 0.3) is 5.57 Å². The fraction of sp³-hybridized carbons (Fsp3) is 0.222. The molecule has 3 rings (SSSR count). The first-order chi connectivity index (χ1) is 10.2. The number of halogens is 2. The Bertz CT molecular complexity index is 576. The van der Waals surface area contributed by atoms with Gasteiger partial charge in [-0.25, -0.2) is 0 Å². The first kappa shape index (κ1) is 14.6. The highest BCUT2D eigenvalue weighted by molar-refractivity contribution is 6.31. The summed E-state index contributed by atoms with van der Waals surface area (Å²) in [6, 6.07) is 15.8. The summed E-state index contributed by atoms with van der Waals surface area (Å²) in [4.78, 5) is 0. The van der Waals surface area contributed by atoms with Crippen molar-refractivity contribution in [1.82, 2.24) is 0 Å². The fourth-order valence-corrected chi connectivity index (χ4v) is 2.79. The molecular formula is C18H16Cl2O. The van der Waals surface area contributed by atoms with E-state index in [0.29, 0.717) is 0 Å². The Balaban J connectivity index is 2.01. The van der Waals surface area contributed by atoms with E-state index < -0.39 is 0 Å². The van der Waals surface area contributed by atoms with Crippen LogP contribution in [0.4, 0.5) is 0 Å². The molecule has 2 aromatic rings. The molecule has 1 nitrogen and oxygen atoms in total. The lowest BCUT2D eigenvalue weighted by atomic mass is 9.96. The molecule has 0 spiro atoms. The number of hydrogen-bond donors (Lipinski definition) is 0. The van der Waals surface area contributed by atoms with E-state index in [0.717, 1.165) is 46.2 Å². The zero-order valence-corrected chi connectivity index (χ0v) is 13.1. The van der Waals surface area contributed by atoms with E-state index in [1.165, 1.54) is 0 Å². The number of hydrogen-bond acceptors (Lipinski definition) is 1. The third-order valence-corrected chi connectivity index (χ3v) is 4.13. The topological polar surface area (TPSA) is 9.23 Å². The van der Waals surface area contributed by atoms with Crippen LogP contribution in [0.2, 0.25) is 10.0 Å². The second-order valence-corrected chi connectivity index (χ2v) is 6.02. The summed E-state index contributed by atoms with van der Waals surface area (Å²) < 4.78 is 5.75. The minimum atomic E-state index is 0.186. The normalized spacial score (nSPS) is 17.7. The van der Waals surface area contributed by atoms with Gasteiger partial charge in [0.1, 0.15) is 0 Å². The molecule has 1 unspecified atom stereocenters. The van der Waals surface area contributed by atoms with E-state index in [4.69, 9.17) is 27.9 Å². The van der Waals surface area contributed by atoms with E-state index in [1.807, 2.05) is 48.5 Å². The fourth-order valence-electron chi connectivity index (χ4n) is 2.54. The summed E-state index contributed by atoms with van der Waals surface area (Å²) in [7, 11) is 0. The van der Waals surface area contributed by atoms with Gasteiger partial charge in [0.2, 0.25) is 0 Å². The van der Waals surface area contributed by atoms with Crippen LogP contribution >= 0.6 is 23.2 Å². The highest BCUT2D eigenvalue weighted by Gasteiger charge is 2.15. The largest absolute Gasteiger partial charge is 0.374 e. The Morgan fingerprint density at radius 1 is 0.905 bits per heavy atom. The minimum absolute atomic E-state index is 0.186. The van der Waals surface area contributed by atoms with Gasteiger partial charge in [-0.3, -0.25) is 0 Å². The molecule has 0 saturated carbocycles. The van der Waals surface area contributed by atoms with E-state index in [2.05, 4.69) is 6.08 Å². The molecule has 1 saturated heterocycles. The maximum atomic E-state index is 5.99. The van der Waals surface area contributed by atoms with Crippen molar-refractivity contribution in [3.63, 3.8) is 0 Å². The zero-order valence-electron chi connectivity index (χ0n) is 11.6. The first-order valence-electron chi connectivity index (χ1n) is 7.08. The molecule has 0 aliphatic carbocycles. The SMILES string of the molecule is Clc1ccc(C(=CC2CCCO2)c2ccc(Cl)cc2)cc1. The van der Waals surface area contributed by atoms with Crippen LogP contribution in [-0.4, -0.2) is 12.7 Å². The summed E-state index contributed by atoms with van der Waals surface area (Å²) in [5.41, 5.74) is 3.43. The quantitative estimate of drug-likeness (QED) is 0.715. The van der Waals surface area contributed by atoms with Gasteiger partial charge in [-0.15, -0.1) is 0 Å². The highest BCUT2D eigenvalue weighted by Crippen LogP contribution is 2.28. The van der Waals surface area contributed by atoms with Crippen molar-refractivity contribution < 1.29 is 4.74 Å². The average Bonchev–Trinajstić information content (AvgIpc) is 3.00. The molecule has 0 aromatic heterocycles. The maximum Gasteiger partial charge on any atom is 0.0765 e. The monoisotopic (exact) mass is 318 g/mol. The predicted octanol–water partition coefficient (Wildman–Crippen LogP) is 5.60. The molecule has 108 valence electrons. The van der Waals surface area contributed by atoms with Gasteiger partial charge in [0.25, 0.3) is 0 Å². The van der Waals surface area contributed by atoms with E-state index in [-0.39, 0.29) is 6.10 Å². The van der Waals surface area contributed by atoms with Crippen molar-refractivity contribution in [2.45, 2.75) is 18.9 Å². The molecule has 1 heterocycles. The summed E-state index contributed by atoms with van der Waals surface area (Å²) in [6.45, 7) is 0.843. The van der Waals surface area contributed by atoms with Gasteiger partial charge in [-0.05, 0) is 59.9 Å². The van der Waals surface area contributed by atoms with Crippen LogP contribution in [0, 0.1) is 0 Å². The summed E-state index contributed by atoms with van der Waals surface area (Å²) in [5, 5.41) is 1.48. The maximum absolute atomic E-state index is 5.99. The molecular weight excluding hydrogens is 303 g/mol. The van der Waals surface area contributed by atoms with Crippen molar-refractivity contribution in [3.8, 4) is 0 Å². The molecule has 2 aromatic carbocycles. The molecule has 21 heavy (non-hydrogen) atoms. The molecule has 3 heteroatoms. The van der Waals surface area contributed by atoms with E-state index in [1.54, 1.807) is 0 Å². The lowest BCUT2D eigenvalue weighted by Gasteiger charge is -2.12. The average molecular weight is 319 g/mol. The second kappa shape index (κ2) is 6.65. The lowest BCUT2D eigenvalue weighted by molar-refractivity contribution is 0.146. The smallest absolute Gasteiger partial charge is 0.0765 e. The summed E-state index contributed by atoms with van der Waals surface area (Å²) in [5.74, 6) is 0. The van der Waals surface area contributed by atoms with Gasteiger partial charge in [-0.1, -0.05) is 47.5 Å². The van der Waals surface area contributed by atoms with E-state index in [9.17, 15) is 0 Å². The Kier molecular flexibility index (Phi) is 4.64. The minimum Gasteiger partial charge on any atom is -0.374 e. The van der Waals surface area contributed by atoms with Crippen molar-refractivity contribution in [2.75, 3.05) is 6.61 Å². The molecule has 1 aliphatic heterocycles. The molecule has 1 atom stereocenters. The van der Waals surface area contributed by atoms with Gasteiger partial charge in [0.15, 0.2) is 0 Å². The van der Waals surface area contributed by atoms with Gasteiger partial charge in [0.05, 0.1) is 6.10 Å². The molecule has 0 radical (unpaired) electrons. The predicted molar refractivity (Wildman–Crippen MR) is 89.0 cm³/mol. The van der Waals surface area contributed by atoms with Crippen molar-refractivity contribution >= 4 is 28.8 Å². The number of rotatable bonds is 3. The standard InChI is InChI=1S/C18H16Cl2O/c19-15-7-3-13(4-8-15)18(12-17-2-1-11-21-17)14-5-9-16(20)10-6-14/h3-10,12,17H,1-2,11H2. The highest BCUT2D eigenvalue weighted by atomic mass is 35.5. The summed E-state index contributed by atoms with van der Waals surface area (Å²) >= 11 is 12.0. The Hall–Kier alpha value is -1.28. The molecule has 0 N–H and O–H groups in total. The summed E-state index contributed by atoms with van der Waals surface area (Å²) in [6.07, 6.45) is 4.59. The Morgan fingerprint density at radius 3 is 1.86 bits per heavy atom. The van der Waals surface area contributed by atoms with Gasteiger partial charge >= 0.3 is 0 Å². The van der Waals surface area contributed by atoms with Crippen LogP contribution in [0.5, 0.6) is 0 Å². The molecule has 0 amide bonds. The Labute approximate surface area is 135 Å². The van der Waals surface area contributed by atoms with Crippen molar-refractivity contribution in [1.29, 1.82) is 0 Å². The third-order valence-electron chi connectivity index (χ3n) is 3.63. The van der Waals surface area contributed by atoms with Crippen LogP contribution in [0.15, 0.2) is 54.6 Å². The van der Waals surface area contributed by atoms with Crippen molar-refractivity contribution in [3.05, 3.63) is 75.8 Å². The van der Waals surface area contributed by atoms with Crippen LogP contribution < -0.4 is 0 Å². The molecule has 1 aliphatic rings. The molecule has 0 bridgehead atoms.